The van der Waals surface area contributed by atoms with Crippen LogP contribution in [0.25, 0.3) is 0 Å². The molecule has 0 radical (unpaired) electrons. The van der Waals surface area contributed by atoms with Gasteiger partial charge in [0.1, 0.15) is 5.82 Å². The van der Waals surface area contributed by atoms with Crippen LogP contribution in [0.3, 0.4) is 0 Å². The first kappa shape index (κ1) is 14.0. The molecular formula is C14H20BrFN2. The van der Waals surface area contributed by atoms with Gasteiger partial charge in [0.2, 0.25) is 0 Å². The third-order valence-electron chi connectivity index (χ3n) is 3.80. The smallest absolute Gasteiger partial charge is 0.123 e. The standard InChI is InChI=1S/C14H20BrFN2/c1-10-4-2-3-7-18(10)14(9-17)12-8-11(16)5-6-13(12)15/h5-6,8,10,14H,2-4,7,9,17H2,1H3. The number of piperidine rings is 1. The van der Waals surface area contributed by atoms with E-state index in [2.05, 4.69) is 27.8 Å². The summed E-state index contributed by atoms with van der Waals surface area (Å²) >= 11 is 3.51. The van der Waals surface area contributed by atoms with Gasteiger partial charge < -0.3 is 5.73 Å². The molecule has 2 rings (SSSR count). The lowest BCUT2D eigenvalue weighted by Crippen LogP contribution is -2.43. The summed E-state index contributed by atoms with van der Waals surface area (Å²) in [5, 5.41) is 0. The Morgan fingerprint density at radius 1 is 1.50 bits per heavy atom. The second kappa shape index (κ2) is 6.13. The van der Waals surface area contributed by atoms with E-state index in [0.717, 1.165) is 16.6 Å². The van der Waals surface area contributed by atoms with Gasteiger partial charge in [-0.3, -0.25) is 4.90 Å². The maximum absolute atomic E-state index is 13.4. The fourth-order valence-electron chi connectivity index (χ4n) is 2.79. The third kappa shape index (κ3) is 2.92. The highest BCUT2D eigenvalue weighted by Crippen LogP contribution is 2.32. The number of hydrogen-bond donors (Lipinski definition) is 1. The average Bonchev–Trinajstić information content (AvgIpc) is 2.36. The van der Waals surface area contributed by atoms with Crippen molar-refractivity contribution in [3.05, 3.63) is 34.1 Å². The number of nitrogens with zero attached hydrogens (tertiary/aromatic N) is 1. The van der Waals surface area contributed by atoms with Gasteiger partial charge >= 0.3 is 0 Å². The zero-order valence-corrected chi connectivity index (χ0v) is 12.3. The molecule has 0 bridgehead atoms. The van der Waals surface area contributed by atoms with Crippen LogP contribution >= 0.6 is 15.9 Å². The molecule has 0 saturated carbocycles. The molecule has 1 aliphatic heterocycles. The molecule has 1 aromatic carbocycles. The number of rotatable bonds is 3. The molecule has 2 nitrogen and oxygen atoms in total. The van der Waals surface area contributed by atoms with Crippen molar-refractivity contribution in [2.24, 2.45) is 5.73 Å². The molecule has 2 atom stereocenters. The molecule has 1 aliphatic rings. The summed E-state index contributed by atoms with van der Waals surface area (Å²) in [6, 6.07) is 5.46. The van der Waals surface area contributed by atoms with Gasteiger partial charge in [-0.2, -0.15) is 0 Å². The maximum atomic E-state index is 13.4. The van der Waals surface area contributed by atoms with Crippen molar-refractivity contribution in [3.8, 4) is 0 Å². The van der Waals surface area contributed by atoms with Crippen LogP contribution < -0.4 is 5.73 Å². The second-order valence-corrected chi connectivity index (χ2v) is 5.85. The Balaban J connectivity index is 2.29. The van der Waals surface area contributed by atoms with Crippen molar-refractivity contribution in [1.82, 2.24) is 4.90 Å². The highest BCUT2D eigenvalue weighted by atomic mass is 79.9. The van der Waals surface area contributed by atoms with Crippen LogP contribution in [0.15, 0.2) is 22.7 Å². The van der Waals surface area contributed by atoms with Crippen molar-refractivity contribution in [1.29, 1.82) is 0 Å². The summed E-state index contributed by atoms with van der Waals surface area (Å²) in [5.74, 6) is -0.198. The van der Waals surface area contributed by atoms with Gasteiger partial charge in [-0.1, -0.05) is 22.4 Å². The van der Waals surface area contributed by atoms with E-state index in [1.807, 2.05) is 0 Å². The van der Waals surface area contributed by atoms with Crippen molar-refractivity contribution in [2.75, 3.05) is 13.1 Å². The van der Waals surface area contributed by atoms with Crippen LogP contribution in [0.2, 0.25) is 0 Å². The highest BCUT2D eigenvalue weighted by molar-refractivity contribution is 9.10. The molecule has 1 fully saturated rings. The van der Waals surface area contributed by atoms with Crippen LogP contribution in [0.5, 0.6) is 0 Å². The summed E-state index contributed by atoms with van der Waals surface area (Å²) in [5.41, 5.74) is 6.90. The van der Waals surface area contributed by atoms with Crippen LogP contribution in [-0.2, 0) is 0 Å². The number of benzene rings is 1. The first-order chi connectivity index (χ1) is 8.63. The van der Waals surface area contributed by atoms with Gasteiger partial charge in [0.05, 0.1) is 0 Å². The SMILES string of the molecule is CC1CCCCN1C(CN)c1cc(F)ccc1Br. The van der Waals surface area contributed by atoms with Gasteiger partial charge in [0.25, 0.3) is 0 Å². The fraction of sp³-hybridized carbons (Fsp3) is 0.571. The largest absolute Gasteiger partial charge is 0.329 e. The summed E-state index contributed by atoms with van der Waals surface area (Å²) in [6.45, 7) is 3.80. The number of likely N-dealkylation sites (tertiary alicyclic amines) is 1. The van der Waals surface area contributed by atoms with Gasteiger partial charge in [0.15, 0.2) is 0 Å². The van der Waals surface area contributed by atoms with E-state index in [4.69, 9.17) is 5.73 Å². The minimum Gasteiger partial charge on any atom is -0.329 e. The number of halogens is 2. The van der Waals surface area contributed by atoms with Crippen LogP contribution in [-0.4, -0.2) is 24.0 Å². The molecule has 1 aromatic rings. The van der Waals surface area contributed by atoms with E-state index >= 15 is 0 Å². The Bertz CT molecular complexity index is 411. The molecular weight excluding hydrogens is 295 g/mol. The molecule has 0 aromatic heterocycles. The monoisotopic (exact) mass is 314 g/mol. The summed E-state index contributed by atoms with van der Waals surface area (Å²) in [6.07, 6.45) is 3.68. The molecule has 0 amide bonds. The minimum atomic E-state index is -0.198. The maximum Gasteiger partial charge on any atom is 0.123 e. The molecule has 0 spiro atoms. The average molecular weight is 315 g/mol. The zero-order chi connectivity index (χ0) is 13.1. The van der Waals surface area contributed by atoms with Crippen LogP contribution in [0.1, 0.15) is 37.8 Å². The van der Waals surface area contributed by atoms with Crippen LogP contribution in [0.4, 0.5) is 4.39 Å². The van der Waals surface area contributed by atoms with E-state index in [-0.39, 0.29) is 11.9 Å². The molecule has 1 heterocycles. The minimum absolute atomic E-state index is 0.102. The van der Waals surface area contributed by atoms with E-state index in [0.29, 0.717) is 12.6 Å². The predicted octanol–water partition coefficient (Wildman–Crippen LogP) is 3.46. The van der Waals surface area contributed by atoms with Gasteiger partial charge in [-0.15, -0.1) is 0 Å². The van der Waals surface area contributed by atoms with E-state index in [9.17, 15) is 4.39 Å². The lowest BCUT2D eigenvalue weighted by atomic mass is 9.97. The van der Waals surface area contributed by atoms with Crippen molar-refractivity contribution >= 4 is 15.9 Å². The Labute approximate surface area is 116 Å². The second-order valence-electron chi connectivity index (χ2n) is 5.00. The number of nitrogens with two attached hydrogens (primary N) is 1. The molecule has 18 heavy (non-hydrogen) atoms. The van der Waals surface area contributed by atoms with E-state index in [1.165, 1.54) is 25.3 Å². The summed E-state index contributed by atoms with van der Waals surface area (Å²) in [4.78, 5) is 2.41. The normalized spacial score (nSPS) is 23.0. The van der Waals surface area contributed by atoms with Gasteiger partial charge in [0, 0.05) is 23.1 Å². The predicted molar refractivity (Wildman–Crippen MR) is 75.9 cm³/mol. The molecule has 2 unspecified atom stereocenters. The third-order valence-corrected chi connectivity index (χ3v) is 4.52. The van der Waals surface area contributed by atoms with E-state index < -0.39 is 0 Å². The van der Waals surface area contributed by atoms with Gasteiger partial charge in [-0.25, -0.2) is 4.39 Å². The Morgan fingerprint density at radius 3 is 2.94 bits per heavy atom. The Morgan fingerprint density at radius 2 is 2.28 bits per heavy atom. The lowest BCUT2D eigenvalue weighted by Gasteiger charge is -2.39. The fourth-order valence-corrected chi connectivity index (χ4v) is 3.31. The molecule has 4 heteroatoms. The van der Waals surface area contributed by atoms with Crippen molar-refractivity contribution in [2.45, 2.75) is 38.3 Å². The number of hydrogen-bond acceptors (Lipinski definition) is 2. The van der Waals surface area contributed by atoms with Crippen molar-refractivity contribution in [3.63, 3.8) is 0 Å². The quantitative estimate of drug-likeness (QED) is 0.925. The molecule has 1 saturated heterocycles. The molecule has 2 N–H and O–H groups in total. The highest BCUT2D eigenvalue weighted by Gasteiger charge is 2.27. The molecule has 100 valence electrons. The topological polar surface area (TPSA) is 29.3 Å². The zero-order valence-electron chi connectivity index (χ0n) is 10.7. The van der Waals surface area contributed by atoms with Gasteiger partial charge in [-0.05, 0) is 50.1 Å². The first-order valence-electron chi connectivity index (χ1n) is 6.54. The summed E-state index contributed by atoms with van der Waals surface area (Å²) < 4.78 is 14.4. The Kier molecular flexibility index (Phi) is 4.76. The van der Waals surface area contributed by atoms with Crippen molar-refractivity contribution < 1.29 is 4.39 Å². The summed E-state index contributed by atoms with van der Waals surface area (Å²) in [7, 11) is 0. The van der Waals surface area contributed by atoms with E-state index in [1.54, 1.807) is 12.1 Å². The lowest BCUT2D eigenvalue weighted by molar-refractivity contribution is 0.108. The molecule has 0 aliphatic carbocycles. The van der Waals surface area contributed by atoms with Crippen LogP contribution in [0, 0.1) is 5.82 Å². The Hall–Kier alpha value is -0.450. The first-order valence-corrected chi connectivity index (χ1v) is 7.33.